The molecular formula is C22H20F3NO. The van der Waals surface area contributed by atoms with Crippen molar-refractivity contribution in [1.29, 1.82) is 0 Å². The molecular weight excluding hydrogens is 351 g/mol. The van der Waals surface area contributed by atoms with Crippen molar-refractivity contribution in [2.24, 2.45) is 5.92 Å². The molecule has 140 valence electrons. The van der Waals surface area contributed by atoms with E-state index in [-0.39, 0.29) is 30.5 Å². The van der Waals surface area contributed by atoms with Crippen molar-refractivity contribution < 1.29 is 18.0 Å². The predicted molar refractivity (Wildman–Crippen MR) is 98.5 cm³/mol. The van der Waals surface area contributed by atoms with Crippen molar-refractivity contribution in [3.8, 4) is 11.8 Å². The summed E-state index contributed by atoms with van der Waals surface area (Å²) in [5.74, 6) is 2.41. The Labute approximate surface area is 156 Å². The molecule has 0 bridgehead atoms. The van der Waals surface area contributed by atoms with E-state index in [0.717, 1.165) is 0 Å². The van der Waals surface area contributed by atoms with Crippen LogP contribution in [0.15, 0.2) is 59.7 Å². The quantitative estimate of drug-likeness (QED) is 0.777. The number of hydrogen-bond donors (Lipinski definition) is 1. The van der Waals surface area contributed by atoms with Gasteiger partial charge in [-0.3, -0.25) is 4.79 Å². The topological polar surface area (TPSA) is 29.1 Å². The lowest BCUT2D eigenvalue weighted by molar-refractivity contribution is -0.126. The van der Waals surface area contributed by atoms with Gasteiger partial charge < -0.3 is 5.32 Å². The van der Waals surface area contributed by atoms with Crippen molar-refractivity contribution in [2.45, 2.75) is 38.2 Å². The van der Waals surface area contributed by atoms with Crippen LogP contribution in [0, 0.1) is 23.6 Å². The van der Waals surface area contributed by atoms with Crippen molar-refractivity contribution in [3.63, 3.8) is 0 Å². The Morgan fingerprint density at radius 3 is 2.70 bits per heavy atom. The molecule has 1 aromatic carbocycles. The first-order valence-corrected chi connectivity index (χ1v) is 8.92. The van der Waals surface area contributed by atoms with Crippen LogP contribution in [-0.4, -0.2) is 17.9 Å². The van der Waals surface area contributed by atoms with Crippen LogP contribution in [0.1, 0.15) is 31.7 Å². The Hall–Kier alpha value is -2.74. The molecule has 1 aromatic rings. The average Bonchev–Trinajstić information content (AvgIpc) is 2.80. The van der Waals surface area contributed by atoms with Crippen molar-refractivity contribution in [3.05, 3.63) is 71.1 Å². The van der Waals surface area contributed by atoms with Gasteiger partial charge in [0.15, 0.2) is 0 Å². The highest BCUT2D eigenvalue weighted by molar-refractivity contribution is 5.95. The van der Waals surface area contributed by atoms with Gasteiger partial charge in [-0.1, -0.05) is 37.0 Å². The highest BCUT2D eigenvalue weighted by Gasteiger charge is 2.46. The van der Waals surface area contributed by atoms with Crippen molar-refractivity contribution in [2.75, 3.05) is 0 Å². The van der Waals surface area contributed by atoms with E-state index in [4.69, 9.17) is 0 Å². The Morgan fingerprint density at radius 2 is 2.04 bits per heavy atom. The van der Waals surface area contributed by atoms with E-state index in [1.807, 2.05) is 19.1 Å². The number of carbonyl (C=O) groups is 1. The van der Waals surface area contributed by atoms with Crippen LogP contribution in [0.3, 0.4) is 0 Å². The predicted octanol–water partition coefficient (Wildman–Crippen LogP) is 4.54. The molecule has 5 heteroatoms. The summed E-state index contributed by atoms with van der Waals surface area (Å²) in [7, 11) is 0. The zero-order valence-electron chi connectivity index (χ0n) is 14.9. The zero-order chi connectivity index (χ0) is 19.4. The molecule has 0 heterocycles. The Kier molecular flexibility index (Phi) is 5.55. The molecule has 27 heavy (non-hydrogen) atoms. The number of nitrogens with one attached hydrogen (secondary N) is 1. The third-order valence-electron chi connectivity index (χ3n) is 4.65. The van der Waals surface area contributed by atoms with Gasteiger partial charge in [0.2, 0.25) is 5.91 Å². The van der Waals surface area contributed by atoms with Gasteiger partial charge in [0, 0.05) is 41.5 Å². The molecule has 1 atom stereocenters. The highest BCUT2D eigenvalue weighted by atomic mass is 19.3. The standard InChI is InChI=1S/C22H20F3NO/c1-2-17-10-8-15(6-7-16-4-3-5-18(23)12-16)9-11-20(17)21(27)26-19-13-22(24,25)14-19/h3-5,8-12,17,19H,2,13-14H2,1H3,(H,26,27). The van der Waals surface area contributed by atoms with Crippen LogP contribution in [0.25, 0.3) is 0 Å². The van der Waals surface area contributed by atoms with E-state index in [9.17, 15) is 18.0 Å². The van der Waals surface area contributed by atoms with Gasteiger partial charge in [-0.15, -0.1) is 0 Å². The van der Waals surface area contributed by atoms with E-state index in [0.29, 0.717) is 23.1 Å². The summed E-state index contributed by atoms with van der Waals surface area (Å²) in [6.07, 6.45) is 7.22. The van der Waals surface area contributed by atoms with E-state index in [1.165, 1.54) is 12.1 Å². The molecule has 1 N–H and O–H groups in total. The van der Waals surface area contributed by atoms with Crippen molar-refractivity contribution >= 4 is 5.91 Å². The van der Waals surface area contributed by atoms with Gasteiger partial charge in [0.1, 0.15) is 5.82 Å². The molecule has 3 rings (SSSR count). The van der Waals surface area contributed by atoms with Crippen molar-refractivity contribution in [1.82, 2.24) is 5.32 Å². The summed E-state index contributed by atoms with van der Waals surface area (Å²) < 4.78 is 39.2. The molecule has 1 fully saturated rings. The van der Waals surface area contributed by atoms with Gasteiger partial charge in [-0.25, -0.2) is 13.2 Å². The first-order chi connectivity index (χ1) is 12.9. The van der Waals surface area contributed by atoms with E-state index in [1.54, 1.807) is 24.3 Å². The first-order valence-electron chi connectivity index (χ1n) is 8.92. The van der Waals surface area contributed by atoms with Crippen LogP contribution in [0.2, 0.25) is 0 Å². The minimum Gasteiger partial charge on any atom is -0.349 e. The molecule has 1 unspecified atom stereocenters. The van der Waals surface area contributed by atoms with Crippen LogP contribution in [-0.2, 0) is 4.79 Å². The number of alkyl halides is 2. The van der Waals surface area contributed by atoms with Crippen LogP contribution < -0.4 is 5.32 Å². The number of benzene rings is 1. The van der Waals surface area contributed by atoms with Gasteiger partial charge in [0.25, 0.3) is 5.92 Å². The number of halogens is 3. The fourth-order valence-corrected chi connectivity index (χ4v) is 3.11. The van der Waals surface area contributed by atoms with Gasteiger partial charge in [-0.05, 0) is 36.8 Å². The zero-order valence-corrected chi connectivity index (χ0v) is 14.9. The minimum atomic E-state index is -2.67. The number of amides is 1. The van der Waals surface area contributed by atoms with Crippen LogP contribution in [0.4, 0.5) is 13.2 Å². The lowest BCUT2D eigenvalue weighted by atomic mass is 9.87. The SMILES string of the molecule is CCC1C=CC(C#Cc2cccc(F)c2)=CC=C1C(=O)NC1CC(F)(F)C1. The van der Waals surface area contributed by atoms with Crippen LogP contribution in [0.5, 0.6) is 0 Å². The third-order valence-corrected chi connectivity index (χ3v) is 4.65. The molecule has 0 saturated heterocycles. The third kappa shape index (κ3) is 4.91. The maximum atomic E-state index is 13.2. The van der Waals surface area contributed by atoms with E-state index >= 15 is 0 Å². The minimum absolute atomic E-state index is 0.115. The Bertz CT molecular complexity index is 878. The van der Waals surface area contributed by atoms with Gasteiger partial charge in [0.05, 0.1) is 0 Å². The van der Waals surface area contributed by atoms with Gasteiger partial charge in [-0.2, -0.15) is 0 Å². The fraction of sp³-hybridized carbons (Fsp3) is 0.318. The summed E-state index contributed by atoms with van der Waals surface area (Å²) in [5, 5.41) is 2.68. The fourth-order valence-electron chi connectivity index (χ4n) is 3.11. The normalized spacial score (nSPS) is 21.1. The lowest BCUT2D eigenvalue weighted by Gasteiger charge is -2.35. The molecule has 2 nitrogen and oxygen atoms in total. The Balaban J connectivity index is 1.75. The maximum absolute atomic E-state index is 13.2. The molecule has 0 radical (unpaired) electrons. The second kappa shape index (κ2) is 7.87. The molecule has 2 aliphatic rings. The second-order valence-corrected chi connectivity index (χ2v) is 6.81. The summed E-state index contributed by atoms with van der Waals surface area (Å²) in [5.41, 5.74) is 1.79. The summed E-state index contributed by atoms with van der Waals surface area (Å²) >= 11 is 0. The monoisotopic (exact) mass is 371 g/mol. The summed E-state index contributed by atoms with van der Waals surface area (Å²) in [6.45, 7) is 1.96. The molecule has 1 amide bonds. The Morgan fingerprint density at radius 1 is 1.26 bits per heavy atom. The molecule has 0 spiro atoms. The number of hydrogen-bond acceptors (Lipinski definition) is 1. The molecule has 1 saturated carbocycles. The van der Waals surface area contributed by atoms with Gasteiger partial charge >= 0.3 is 0 Å². The first kappa shape index (κ1) is 19.0. The average molecular weight is 371 g/mol. The number of rotatable bonds is 3. The maximum Gasteiger partial charge on any atom is 0.252 e. The molecule has 0 aliphatic heterocycles. The largest absolute Gasteiger partial charge is 0.349 e. The molecule has 2 aliphatic carbocycles. The summed E-state index contributed by atoms with van der Waals surface area (Å²) in [4.78, 5) is 12.5. The lowest BCUT2D eigenvalue weighted by Crippen LogP contribution is -2.51. The second-order valence-electron chi connectivity index (χ2n) is 6.81. The van der Waals surface area contributed by atoms with Crippen LogP contribution >= 0.6 is 0 Å². The smallest absolute Gasteiger partial charge is 0.252 e. The molecule has 0 aromatic heterocycles. The van der Waals surface area contributed by atoms with E-state index in [2.05, 4.69) is 17.2 Å². The summed E-state index contributed by atoms with van der Waals surface area (Å²) in [6, 6.07) is 5.54. The number of carbonyl (C=O) groups excluding carboxylic acids is 1. The number of allylic oxidation sites excluding steroid dienone is 5. The van der Waals surface area contributed by atoms with E-state index < -0.39 is 12.0 Å². The highest BCUT2D eigenvalue weighted by Crippen LogP contribution is 2.37.